The number of carbonyl (C=O) groups is 2. The number of methoxy groups -OCH3 is 2. The highest BCUT2D eigenvalue weighted by molar-refractivity contribution is 6.51. The first kappa shape index (κ1) is 24.2. The van der Waals surface area contributed by atoms with Gasteiger partial charge in [0.25, 0.3) is 11.7 Å². The summed E-state index contributed by atoms with van der Waals surface area (Å²) in [6.07, 6.45) is 0. The standard InChI is InChI=1S/C27H24ClNO6/c1-4-35-20-7-5-6-19(15-20)29-24(16-8-11-18(28)12-9-16)23(26(31)27(29)32)25(30)17-10-13-21(33-2)22(14-17)34-3/h5-15,24,30H,4H2,1-3H3/b25-23+. The Morgan fingerprint density at radius 2 is 1.69 bits per heavy atom. The molecule has 7 nitrogen and oxygen atoms in total. The molecule has 3 aromatic carbocycles. The molecule has 1 amide bonds. The molecule has 4 rings (SSSR count). The van der Waals surface area contributed by atoms with Crippen LogP contribution >= 0.6 is 11.6 Å². The molecule has 35 heavy (non-hydrogen) atoms. The number of carbonyl (C=O) groups excluding carboxylic acids is 2. The molecule has 0 aromatic heterocycles. The number of amides is 1. The fourth-order valence-corrected chi connectivity index (χ4v) is 4.21. The Morgan fingerprint density at radius 3 is 2.34 bits per heavy atom. The van der Waals surface area contributed by atoms with Gasteiger partial charge in [-0.05, 0) is 55.0 Å². The van der Waals surface area contributed by atoms with Gasteiger partial charge in [0.05, 0.1) is 32.4 Å². The molecular formula is C27H24ClNO6. The van der Waals surface area contributed by atoms with E-state index in [1.54, 1.807) is 66.7 Å². The molecule has 3 aromatic rings. The summed E-state index contributed by atoms with van der Waals surface area (Å²) in [5.74, 6) is -0.501. The highest BCUT2D eigenvalue weighted by Gasteiger charge is 2.47. The molecule has 180 valence electrons. The SMILES string of the molecule is CCOc1cccc(N2C(=O)C(=O)/C(=C(/O)c3ccc(OC)c(OC)c3)C2c2ccc(Cl)cc2)c1. The average molecular weight is 494 g/mol. The van der Waals surface area contributed by atoms with Crippen LogP contribution in [0.3, 0.4) is 0 Å². The van der Waals surface area contributed by atoms with E-state index in [0.717, 1.165) is 0 Å². The van der Waals surface area contributed by atoms with Gasteiger partial charge in [-0.15, -0.1) is 0 Å². The van der Waals surface area contributed by atoms with E-state index in [2.05, 4.69) is 0 Å². The second-order valence-electron chi connectivity index (χ2n) is 7.72. The maximum atomic E-state index is 13.3. The number of hydrogen-bond acceptors (Lipinski definition) is 6. The van der Waals surface area contributed by atoms with E-state index in [9.17, 15) is 14.7 Å². The van der Waals surface area contributed by atoms with Crippen LogP contribution < -0.4 is 19.1 Å². The van der Waals surface area contributed by atoms with Crippen LogP contribution in [0.5, 0.6) is 17.2 Å². The Hall–Kier alpha value is -3.97. The van der Waals surface area contributed by atoms with E-state index in [1.807, 2.05) is 6.92 Å². The van der Waals surface area contributed by atoms with Gasteiger partial charge >= 0.3 is 0 Å². The summed E-state index contributed by atoms with van der Waals surface area (Å²) in [7, 11) is 2.97. The van der Waals surface area contributed by atoms with Gasteiger partial charge in [-0.2, -0.15) is 0 Å². The molecule has 0 spiro atoms. The molecule has 0 bridgehead atoms. The quantitative estimate of drug-likeness (QED) is 0.270. The number of rotatable bonds is 7. The van der Waals surface area contributed by atoms with Crippen molar-refractivity contribution >= 4 is 34.7 Å². The topological polar surface area (TPSA) is 85.3 Å². The van der Waals surface area contributed by atoms with Gasteiger partial charge in [0.15, 0.2) is 11.5 Å². The van der Waals surface area contributed by atoms with Gasteiger partial charge in [0, 0.05) is 22.3 Å². The molecule has 1 saturated heterocycles. The summed E-state index contributed by atoms with van der Waals surface area (Å²) in [6.45, 7) is 2.30. The zero-order valence-electron chi connectivity index (χ0n) is 19.4. The number of Topliss-reactive ketones (excluding diaryl/α,β-unsaturated/α-hetero) is 1. The van der Waals surface area contributed by atoms with Crippen LogP contribution in [0.2, 0.25) is 5.02 Å². The number of ether oxygens (including phenoxy) is 3. The summed E-state index contributed by atoms with van der Waals surface area (Å²) in [5, 5.41) is 11.8. The zero-order valence-corrected chi connectivity index (χ0v) is 20.2. The zero-order chi connectivity index (χ0) is 25.1. The van der Waals surface area contributed by atoms with Crippen molar-refractivity contribution in [2.24, 2.45) is 0 Å². The van der Waals surface area contributed by atoms with E-state index in [0.29, 0.717) is 45.7 Å². The second kappa shape index (κ2) is 10.1. The minimum Gasteiger partial charge on any atom is -0.507 e. The fourth-order valence-electron chi connectivity index (χ4n) is 4.09. The maximum absolute atomic E-state index is 13.3. The van der Waals surface area contributed by atoms with Crippen molar-refractivity contribution in [2.45, 2.75) is 13.0 Å². The molecule has 8 heteroatoms. The predicted molar refractivity (Wildman–Crippen MR) is 133 cm³/mol. The van der Waals surface area contributed by atoms with Crippen molar-refractivity contribution in [3.8, 4) is 17.2 Å². The molecule has 1 heterocycles. The van der Waals surface area contributed by atoms with Crippen LogP contribution in [-0.4, -0.2) is 37.6 Å². The van der Waals surface area contributed by atoms with Crippen molar-refractivity contribution < 1.29 is 28.9 Å². The average Bonchev–Trinajstić information content (AvgIpc) is 3.14. The number of halogens is 1. The lowest BCUT2D eigenvalue weighted by atomic mass is 9.95. The van der Waals surface area contributed by atoms with Crippen LogP contribution in [0, 0.1) is 0 Å². The predicted octanol–water partition coefficient (Wildman–Crippen LogP) is 5.38. The number of benzene rings is 3. The third-order valence-corrected chi connectivity index (χ3v) is 5.95. The van der Waals surface area contributed by atoms with Crippen LogP contribution in [0.1, 0.15) is 24.1 Å². The first-order valence-electron chi connectivity index (χ1n) is 10.9. The number of hydrogen-bond donors (Lipinski definition) is 1. The van der Waals surface area contributed by atoms with E-state index in [-0.39, 0.29) is 11.3 Å². The van der Waals surface area contributed by atoms with Gasteiger partial charge in [0.1, 0.15) is 11.5 Å². The first-order chi connectivity index (χ1) is 16.9. The van der Waals surface area contributed by atoms with E-state index < -0.39 is 17.7 Å². The van der Waals surface area contributed by atoms with Crippen molar-refractivity contribution in [3.05, 3.63) is 88.5 Å². The molecule has 1 N–H and O–H groups in total. The normalized spacial score (nSPS) is 16.9. The molecule has 1 aliphatic heterocycles. The van der Waals surface area contributed by atoms with Gasteiger partial charge in [-0.3, -0.25) is 14.5 Å². The van der Waals surface area contributed by atoms with E-state index >= 15 is 0 Å². The number of nitrogens with zero attached hydrogens (tertiary/aromatic N) is 1. The second-order valence-corrected chi connectivity index (χ2v) is 8.16. The van der Waals surface area contributed by atoms with Gasteiger partial charge < -0.3 is 19.3 Å². The van der Waals surface area contributed by atoms with Gasteiger partial charge in [0.2, 0.25) is 0 Å². The molecule has 1 atom stereocenters. The summed E-state index contributed by atoms with van der Waals surface area (Å²) < 4.78 is 16.2. The highest BCUT2D eigenvalue weighted by atomic mass is 35.5. The summed E-state index contributed by atoms with van der Waals surface area (Å²) in [5.41, 5.74) is 1.33. The minimum atomic E-state index is -0.891. The number of anilines is 1. The summed E-state index contributed by atoms with van der Waals surface area (Å²) in [6, 6.07) is 17.6. The lowest BCUT2D eigenvalue weighted by molar-refractivity contribution is -0.132. The minimum absolute atomic E-state index is 0.0497. The number of aliphatic hydroxyl groups excluding tert-OH is 1. The van der Waals surface area contributed by atoms with Crippen molar-refractivity contribution in [1.82, 2.24) is 0 Å². The van der Waals surface area contributed by atoms with Crippen molar-refractivity contribution in [1.29, 1.82) is 0 Å². The monoisotopic (exact) mass is 493 g/mol. The summed E-state index contributed by atoms with van der Waals surface area (Å²) in [4.78, 5) is 28.0. The van der Waals surface area contributed by atoms with Crippen LogP contribution in [-0.2, 0) is 9.59 Å². The molecule has 1 aliphatic rings. The Kier molecular flexibility index (Phi) is 6.98. The van der Waals surface area contributed by atoms with Gasteiger partial charge in [-0.25, -0.2) is 0 Å². The van der Waals surface area contributed by atoms with Gasteiger partial charge in [-0.1, -0.05) is 29.8 Å². The maximum Gasteiger partial charge on any atom is 0.300 e. The number of ketones is 1. The summed E-state index contributed by atoms with van der Waals surface area (Å²) >= 11 is 6.09. The molecular weight excluding hydrogens is 470 g/mol. The van der Waals surface area contributed by atoms with Crippen LogP contribution in [0.4, 0.5) is 5.69 Å². The first-order valence-corrected chi connectivity index (χ1v) is 11.3. The Bertz CT molecular complexity index is 1300. The lowest BCUT2D eigenvalue weighted by Gasteiger charge is -2.26. The Labute approximate surface area is 208 Å². The smallest absolute Gasteiger partial charge is 0.300 e. The fraction of sp³-hybridized carbons (Fsp3) is 0.185. The third-order valence-electron chi connectivity index (χ3n) is 5.69. The molecule has 0 radical (unpaired) electrons. The molecule has 1 unspecified atom stereocenters. The largest absolute Gasteiger partial charge is 0.507 e. The Balaban J connectivity index is 1.92. The van der Waals surface area contributed by atoms with Crippen LogP contribution in [0.15, 0.2) is 72.3 Å². The molecule has 0 aliphatic carbocycles. The number of aliphatic hydroxyl groups is 1. The molecule has 1 fully saturated rings. The van der Waals surface area contributed by atoms with Crippen LogP contribution in [0.25, 0.3) is 5.76 Å². The van der Waals surface area contributed by atoms with E-state index in [1.165, 1.54) is 19.1 Å². The third kappa shape index (κ3) is 4.55. The van der Waals surface area contributed by atoms with Crippen molar-refractivity contribution in [3.63, 3.8) is 0 Å². The highest BCUT2D eigenvalue weighted by Crippen LogP contribution is 2.43. The Morgan fingerprint density at radius 1 is 0.971 bits per heavy atom. The molecule has 0 saturated carbocycles. The van der Waals surface area contributed by atoms with Crippen molar-refractivity contribution in [2.75, 3.05) is 25.7 Å². The van der Waals surface area contributed by atoms with E-state index in [4.69, 9.17) is 25.8 Å². The lowest BCUT2D eigenvalue weighted by Crippen LogP contribution is -2.29.